The maximum Gasteiger partial charge on any atom is 0.416 e. The summed E-state index contributed by atoms with van der Waals surface area (Å²) in [6.45, 7) is 3.94. The topological polar surface area (TPSA) is 51.0 Å². The molecule has 7 heteroatoms. The number of rotatable bonds is 3. The number of fused-ring (bicyclic) bond motifs is 1. The molecule has 3 aromatic rings. The standard InChI is InChI=1S/C16H14F3N3O/c1-9(2)21-13-8-20-6-5-11(13)15-22-12-7-10(16(17,18)19)3-4-14(12)23-15/h3-9,21H,1-2H3. The number of oxazole rings is 1. The van der Waals surface area contributed by atoms with E-state index in [4.69, 9.17) is 4.42 Å². The van der Waals surface area contributed by atoms with Crippen molar-refractivity contribution in [1.29, 1.82) is 0 Å². The van der Waals surface area contributed by atoms with Crippen LogP contribution in [0.1, 0.15) is 19.4 Å². The maximum absolute atomic E-state index is 12.8. The number of anilines is 1. The van der Waals surface area contributed by atoms with E-state index in [1.807, 2.05) is 13.8 Å². The molecule has 0 fully saturated rings. The Morgan fingerprint density at radius 2 is 1.96 bits per heavy atom. The number of aromatic nitrogens is 2. The van der Waals surface area contributed by atoms with Crippen molar-refractivity contribution in [3.8, 4) is 11.5 Å². The first kappa shape index (κ1) is 15.3. The van der Waals surface area contributed by atoms with Gasteiger partial charge in [-0.1, -0.05) is 0 Å². The zero-order chi connectivity index (χ0) is 16.6. The van der Waals surface area contributed by atoms with Crippen molar-refractivity contribution in [2.45, 2.75) is 26.1 Å². The molecule has 23 heavy (non-hydrogen) atoms. The van der Waals surface area contributed by atoms with E-state index in [1.54, 1.807) is 18.5 Å². The van der Waals surface area contributed by atoms with Crippen LogP contribution in [0.2, 0.25) is 0 Å². The van der Waals surface area contributed by atoms with Crippen LogP contribution in [0.3, 0.4) is 0 Å². The van der Waals surface area contributed by atoms with E-state index >= 15 is 0 Å². The Bertz CT molecular complexity index is 840. The normalized spacial score (nSPS) is 12.1. The molecule has 0 radical (unpaired) electrons. The van der Waals surface area contributed by atoms with E-state index in [-0.39, 0.29) is 17.4 Å². The van der Waals surface area contributed by atoms with Gasteiger partial charge in [-0.05, 0) is 38.1 Å². The fraction of sp³-hybridized carbons (Fsp3) is 0.250. The van der Waals surface area contributed by atoms with E-state index in [2.05, 4.69) is 15.3 Å². The molecule has 2 heterocycles. The maximum atomic E-state index is 12.8. The zero-order valence-electron chi connectivity index (χ0n) is 12.5. The average Bonchev–Trinajstić information content (AvgIpc) is 2.89. The molecule has 0 saturated heterocycles. The van der Waals surface area contributed by atoms with Gasteiger partial charge < -0.3 is 9.73 Å². The summed E-state index contributed by atoms with van der Waals surface area (Å²) in [4.78, 5) is 8.23. The SMILES string of the molecule is CC(C)Nc1cnccc1-c1nc2cc(C(F)(F)F)ccc2o1. The highest BCUT2D eigenvalue weighted by Crippen LogP contribution is 2.34. The molecule has 0 atom stereocenters. The molecule has 1 N–H and O–H groups in total. The first-order valence-corrected chi connectivity index (χ1v) is 7.03. The van der Waals surface area contributed by atoms with Gasteiger partial charge in [0.1, 0.15) is 5.52 Å². The highest BCUT2D eigenvalue weighted by atomic mass is 19.4. The second kappa shape index (κ2) is 5.57. The summed E-state index contributed by atoms with van der Waals surface area (Å²) in [6, 6.07) is 5.13. The average molecular weight is 321 g/mol. The van der Waals surface area contributed by atoms with E-state index in [0.717, 1.165) is 12.1 Å². The number of pyridine rings is 1. The van der Waals surface area contributed by atoms with Gasteiger partial charge in [0.25, 0.3) is 0 Å². The summed E-state index contributed by atoms with van der Waals surface area (Å²) in [5, 5.41) is 3.21. The van der Waals surface area contributed by atoms with Crippen molar-refractivity contribution in [2.24, 2.45) is 0 Å². The van der Waals surface area contributed by atoms with Crippen molar-refractivity contribution < 1.29 is 17.6 Å². The van der Waals surface area contributed by atoms with Crippen LogP contribution >= 0.6 is 0 Å². The molecule has 0 bridgehead atoms. The summed E-state index contributed by atoms with van der Waals surface area (Å²) in [7, 11) is 0. The van der Waals surface area contributed by atoms with Crippen molar-refractivity contribution >= 4 is 16.8 Å². The second-order valence-electron chi connectivity index (χ2n) is 5.42. The number of hydrogen-bond donors (Lipinski definition) is 1. The number of halogens is 3. The van der Waals surface area contributed by atoms with Crippen LogP contribution in [0.15, 0.2) is 41.1 Å². The van der Waals surface area contributed by atoms with Crippen LogP contribution in [-0.2, 0) is 6.18 Å². The van der Waals surface area contributed by atoms with Gasteiger partial charge in [0.05, 0.1) is 23.0 Å². The molecular weight excluding hydrogens is 307 g/mol. The smallest absolute Gasteiger partial charge is 0.416 e. The lowest BCUT2D eigenvalue weighted by molar-refractivity contribution is -0.137. The molecule has 0 aliphatic rings. The molecule has 2 aromatic heterocycles. The minimum absolute atomic E-state index is 0.166. The minimum Gasteiger partial charge on any atom is -0.436 e. The van der Waals surface area contributed by atoms with Gasteiger partial charge in [-0.25, -0.2) is 4.98 Å². The molecule has 1 aromatic carbocycles. The monoisotopic (exact) mass is 321 g/mol. The predicted octanol–water partition coefficient (Wildman–Crippen LogP) is 4.73. The Hall–Kier alpha value is -2.57. The van der Waals surface area contributed by atoms with Crippen molar-refractivity contribution in [3.05, 3.63) is 42.2 Å². The fourth-order valence-electron chi connectivity index (χ4n) is 2.23. The number of hydrogen-bond acceptors (Lipinski definition) is 4. The van der Waals surface area contributed by atoms with Gasteiger partial charge in [-0.3, -0.25) is 4.98 Å². The summed E-state index contributed by atoms with van der Waals surface area (Å²) in [6.07, 6.45) is -1.20. The Morgan fingerprint density at radius 1 is 1.17 bits per heavy atom. The number of nitrogens with one attached hydrogen (secondary N) is 1. The van der Waals surface area contributed by atoms with Crippen molar-refractivity contribution in [1.82, 2.24) is 9.97 Å². The number of nitrogens with zero attached hydrogens (tertiary/aromatic N) is 2. The molecule has 0 saturated carbocycles. The first-order chi connectivity index (χ1) is 10.8. The third-order valence-electron chi connectivity index (χ3n) is 3.21. The summed E-state index contributed by atoms with van der Waals surface area (Å²) in [5.41, 5.74) is 1.09. The minimum atomic E-state index is -4.41. The number of benzene rings is 1. The second-order valence-corrected chi connectivity index (χ2v) is 5.42. The lowest BCUT2D eigenvalue weighted by Crippen LogP contribution is -2.10. The molecule has 0 spiro atoms. The molecule has 3 rings (SSSR count). The van der Waals surface area contributed by atoms with Gasteiger partial charge >= 0.3 is 6.18 Å². The third kappa shape index (κ3) is 3.13. The van der Waals surface area contributed by atoms with E-state index in [9.17, 15) is 13.2 Å². The molecule has 0 aliphatic heterocycles. The molecule has 120 valence electrons. The zero-order valence-corrected chi connectivity index (χ0v) is 12.5. The molecule has 0 unspecified atom stereocenters. The van der Waals surface area contributed by atoms with Crippen LogP contribution in [0.25, 0.3) is 22.6 Å². The summed E-state index contributed by atoms with van der Waals surface area (Å²) in [5.74, 6) is 0.255. The van der Waals surface area contributed by atoms with E-state index in [0.29, 0.717) is 16.8 Å². The lowest BCUT2D eigenvalue weighted by Gasteiger charge is -2.11. The van der Waals surface area contributed by atoms with Gasteiger partial charge in [-0.15, -0.1) is 0 Å². The summed E-state index contributed by atoms with van der Waals surface area (Å²) >= 11 is 0. The van der Waals surface area contributed by atoms with Gasteiger partial charge in [0.2, 0.25) is 5.89 Å². The van der Waals surface area contributed by atoms with Gasteiger partial charge in [0.15, 0.2) is 5.58 Å². The predicted molar refractivity (Wildman–Crippen MR) is 81.0 cm³/mol. The fourth-order valence-corrected chi connectivity index (χ4v) is 2.23. The molecular formula is C16H14F3N3O. The first-order valence-electron chi connectivity index (χ1n) is 7.03. The highest BCUT2D eigenvalue weighted by molar-refractivity contribution is 5.80. The van der Waals surface area contributed by atoms with Crippen LogP contribution in [0.4, 0.5) is 18.9 Å². The van der Waals surface area contributed by atoms with Crippen molar-refractivity contribution in [2.75, 3.05) is 5.32 Å². The Labute approximate surface area is 130 Å². The molecule has 0 aliphatic carbocycles. The third-order valence-corrected chi connectivity index (χ3v) is 3.21. The summed E-state index contributed by atoms with van der Waals surface area (Å²) < 4.78 is 43.9. The van der Waals surface area contributed by atoms with Crippen molar-refractivity contribution in [3.63, 3.8) is 0 Å². The van der Waals surface area contributed by atoms with E-state index in [1.165, 1.54) is 6.07 Å². The van der Waals surface area contributed by atoms with Gasteiger partial charge in [-0.2, -0.15) is 13.2 Å². The highest BCUT2D eigenvalue weighted by Gasteiger charge is 2.31. The van der Waals surface area contributed by atoms with Crippen LogP contribution in [-0.4, -0.2) is 16.0 Å². The largest absolute Gasteiger partial charge is 0.436 e. The Balaban J connectivity index is 2.08. The van der Waals surface area contributed by atoms with Crippen LogP contribution in [0.5, 0.6) is 0 Å². The van der Waals surface area contributed by atoms with Gasteiger partial charge in [0, 0.05) is 12.2 Å². The van der Waals surface area contributed by atoms with E-state index < -0.39 is 11.7 Å². The quantitative estimate of drug-likeness (QED) is 0.758. The Kier molecular flexibility index (Phi) is 3.71. The number of alkyl halides is 3. The van der Waals surface area contributed by atoms with Crippen LogP contribution < -0.4 is 5.32 Å². The molecule has 4 nitrogen and oxygen atoms in total. The van der Waals surface area contributed by atoms with Crippen LogP contribution in [0, 0.1) is 0 Å². The molecule has 0 amide bonds. The Morgan fingerprint density at radius 3 is 2.65 bits per heavy atom. The lowest BCUT2D eigenvalue weighted by atomic mass is 10.2.